The number of halogens is 2. The van der Waals surface area contributed by atoms with Crippen molar-refractivity contribution < 1.29 is 4.79 Å². The number of carbonyl (C=O) groups is 1. The molecule has 0 spiro atoms. The minimum Gasteiger partial charge on any atom is -0.340 e. The van der Waals surface area contributed by atoms with Crippen LogP contribution in [0.25, 0.3) is 0 Å². The fraction of sp³-hybridized carbons (Fsp3) is 0.0556. The third kappa shape index (κ3) is 4.84. The Kier molecular flexibility index (Phi) is 5.55. The molecule has 0 aliphatic carbocycles. The minimum atomic E-state index is -0.116. The number of rotatable bonds is 5. The number of carbonyl (C=O) groups excluding carboxylic acids is 1. The summed E-state index contributed by atoms with van der Waals surface area (Å²) in [4.78, 5) is 19.7. The largest absolute Gasteiger partial charge is 0.340 e. The van der Waals surface area contributed by atoms with E-state index in [4.69, 9.17) is 23.2 Å². The number of amides is 1. The maximum absolute atomic E-state index is 11.0. The van der Waals surface area contributed by atoms with E-state index in [-0.39, 0.29) is 5.91 Å². The molecule has 0 aliphatic rings. The number of hydrogen-bond acceptors (Lipinski definition) is 5. The van der Waals surface area contributed by atoms with Crippen LogP contribution in [-0.2, 0) is 4.79 Å². The number of aromatic nitrogens is 2. The summed E-state index contributed by atoms with van der Waals surface area (Å²) in [5.74, 6) is 0.924. The predicted octanol–water partition coefficient (Wildman–Crippen LogP) is 5.23. The predicted molar refractivity (Wildman–Crippen MR) is 106 cm³/mol. The smallest absolute Gasteiger partial charge is 0.229 e. The highest BCUT2D eigenvalue weighted by atomic mass is 35.5. The zero-order valence-electron chi connectivity index (χ0n) is 13.8. The van der Waals surface area contributed by atoms with E-state index in [1.165, 1.54) is 6.92 Å². The van der Waals surface area contributed by atoms with Crippen LogP contribution in [0.4, 0.5) is 28.8 Å². The molecule has 2 aromatic carbocycles. The second-order valence-corrected chi connectivity index (χ2v) is 6.22. The monoisotopic (exact) mass is 387 g/mol. The van der Waals surface area contributed by atoms with Crippen LogP contribution in [0.5, 0.6) is 0 Å². The molecule has 6 nitrogen and oxygen atoms in total. The maximum Gasteiger partial charge on any atom is 0.229 e. The topological polar surface area (TPSA) is 78.9 Å². The van der Waals surface area contributed by atoms with Gasteiger partial charge in [0.1, 0.15) is 5.82 Å². The summed E-state index contributed by atoms with van der Waals surface area (Å²) in [6.45, 7) is 1.46. The lowest BCUT2D eigenvalue weighted by atomic mass is 10.3. The van der Waals surface area contributed by atoms with Gasteiger partial charge in [0.15, 0.2) is 0 Å². The van der Waals surface area contributed by atoms with Crippen LogP contribution in [0.15, 0.2) is 54.7 Å². The Morgan fingerprint density at radius 1 is 0.885 bits per heavy atom. The van der Waals surface area contributed by atoms with Crippen molar-refractivity contribution in [3.05, 3.63) is 64.8 Å². The third-order valence-electron chi connectivity index (χ3n) is 3.31. The van der Waals surface area contributed by atoms with E-state index >= 15 is 0 Å². The van der Waals surface area contributed by atoms with Gasteiger partial charge in [0.2, 0.25) is 11.9 Å². The lowest BCUT2D eigenvalue weighted by Crippen LogP contribution is -2.05. The van der Waals surface area contributed by atoms with Gasteiger partial charge < -0.3 is 16.0 Å². The molecule has 0 saturated heterocycles. The highest BCUT2D eigenvalue weighted by molar-refractivity contribution is 6.42. The van der Waals surface area contributed by atoms with E-state index in [9.17, 15) is 4.79 Å². The van der Waals surface area contributed by atoms with Crippen molar-refractivity contribution in [1.29, 1.82) is 0 Å². The quantitative estimate of drug-likeness (QED) is 0.558. The van der Waals surface area contributed by atoms with Gasteiger partial charge in [0, 0.05) is 30.2 Å². The van der Waals surface area contributed by atoms with Crippen LogP contribution in [0, 0.1) is 0 Å². The van der Waals surface area contributed by atoms with Gasteiger partial charge in [0.05, 0.1) is 10.0 Å². The molecule has 3 N–H and O–H groups in total. The van der Waals surface area contributed by atoms with Crippen LogP contribution < -0.4 is 16.0 Å². The lowest BCUT2D eigenvalue weighted by Gasteiger charge is -2.09. The first-order valence-electron chi connectivity index (χ1n) is 7.69. The Hall–Kier alpha value is -2.83. The maximum atomic E-state index is 11.0. The molecule has 1 aromatic heterocycles. The van der Waals surface area contributed by atoms with Crippen molar-refractivity contribution in [2.75, 3.05) is 16.0 Å². The Bertz CT molecular complexity index is 931. The van der Waals surface area contributed by atoms with Gasteiger partial charge in [-0.1, -0.05) is 23.2 Å². The summed E-state index contributed by atoms with van der Waals surface area (Å²) in [5, 5.41) is 9.92. The molecule has 0 bridgehead atoms. The standard InChI is InChI=1S/C18H15Cl2N5O/c1-11(26)22-12-2-4-13(5-3-12)24-18-21-9-8-17(25-18)23-14-6-7-15(19)16(20)10-14/h2-10H,1H3,(H,22,26)(H2,21,23,24,25). The molecule has 0 fully saturated rings. The number of nitrogens with one attached hydrogen (secondary N) is 3. The Labute approximate surface area is 160 Å². The first-order valence-corrected chi connectivity index (χ1v) is 8.45. The molecule has 0 saturated carbocycles. The molecular weight excluding hydrogens is 373 g/mol. The second kappa shape index (κ2) is 8.03. The summed E-state index contributed by atoms with van der Waals surface area (Å²) in [7, 11) is 0. The molecule has 1 heterocycles. The number of nitrogens with zero attached hydrogens (tertiary/aromatic N) is 2. The molecule has 0 radical (unpaired) electrons. The van der Waals surface area contributed by atoms with Gasteiger partial charge in [-0.3, -0.25) is 4.79 Å². The van der Waals surface area contributed by atoms with Gasteiger partial charge in [-0.15, -0.1) is 0 Å². The van der Waals surface area contributed by atoms with E-state index in [0.717, 1.165) is 17.1 Å². The van der Waals surface area contributed by atoms with Gasteiger partial charge in [-0.05, 0) is 48.5 Å². The van der Waals surface area contributed by atoms with Crippen LogP contribution in [0.1, 0.15) is 6.92 Å². The summed E-state index contributed by atoms with van der Waals surface area (Å²) >= 11 is 11.9. The SMILES string of the molecule is CC(=O)Nc1ccc(Nc2nccc(Nc3ccc(Cl)c(Cl)c3)n2)cc1. The highest BCUT2D eigenvalue weighted by Crippen LogP contribution is 2.26. The average Bonchev–Trinajstić information content (AvgIpc) is 2.60. The van der Waals surface area contributed by atoms with E-state index in [2.05, 4.69) is 25.9 Å². The van der Waals surface area contributed by atoms with Crippen molar-refractivity contribution in [1.82, 2.24) is 9.97 Å². The Morgan fingerprint density at radius 3 is 2.27 bits per heavy atom. The molecular formula is C18H15Cl2N5O. The molecule has 3 rings (SSSR count). The van der Waals surface area contributed by atoms with Crippen molar-refractivity contribution in [2.45, 2.75) is 6.92 Å². The molecule has 8 heteroatoms. The molecule has 1 amide bonds. The van der Waals surface area contributed by atoms with Crippen molar-refractivity contribution in [3.63, 3.8) is 0 Å². The van der Waals surface area contributed by atoms with E-state index in [0.29, 0.717) is 21.8 Å². The Morgan fingerprint density at radius 2 is 1.58 bits per heavy atom. The molecule has 3 aromatic rings. The average molecular weight is 388 g/mol. The van der Waals surface area contributed by atoms with Crippen LogP contribution in [0.3, 0.4) is 0 Å². The fourth-order valence-corrected chi connectivity index (χ4v) is 2.48. The zero-order valence-corrected chi connectivity index (χ0v) is 15.3. The highest BCUT2D eigenvalue weighted by Gasteiger charge is 2.04. The van der Waals surface area contributed by atoms with Crippen LogP contribution in [-0.4, -0.2) is 15.9 Å². The summed E-state index contributed by atoms with van der Waals surface area (Å²) in [5.41, 5.74) is 2.29. The van der Waals surface area contributed by atoms with Gasteiger partial charge >= 0.3 is 0 Å². The first kappa shape index (κ1) is 18.0. The van der Waals surface area contributed by atoms with Crippen LogP contribution in [0.2, 0.25) is 10.0 Å². The zero-order chi connectivity index (χ0) is 18.5. The van der Waals surface area contributed by atoms with Crippen molar-refractivity contribution >= 4 is 57.9 Å². The molecule has 132 valence electrons. The van der Waals surface area contributed by atoms with Crippen molar-refractivity contribution in [2.24, 2.45) is 0 Å². The van der Waals surface area contributed by atoms with Gasteiger partial charge in [0.25, 0.3) is 0 Å². The molecule has 0 atom stereocenters. The fourth-order valence-electron chi connectivity index (χ4n) is 2.18. The molecule has 0 unspecified atom stereocenters. The summed E-state index contributed by atoms with van der Waals surface area (Å²) in [6, 6.07) is 14.2. The molecule has 0 aliphatic heterocycles. The third-order valence-corrected chi connectivity index (χ3v) is 4.05. The van der Waals surface area contributed by atoms with E-state index < -0.39 is 0 Å². The number of anilines is 5. The van der Waals surface area contributed by atoms with Crippen molar-refractivity contribution in [3.8, 4) is 0 Å². The lowest BCUT2D eigenvalue weighted by molar-refractivity contribution is -0.114. The minimum absolute atomic E-state index is 0.116. The summed E-state index contributed by atoms with van der Waals surface area (Å²) in [6.07, 6.45) is 1.64. The van der Waals surface area contributed by atoms with Gasteiger partial charge in [-0.25, -0.2) is 4.98 Å². The molecule has 26 heavy (non-hydrogen) atoms. The van der Waals surface area contributed by atoms with E-state index in [1.54, 1.807) is 36.5 Å². The number of hydrogen-bond donors (Lipinski definition) is 3. The number of benzene rings is 2. The summed E-state index contributed by atoms with van der Waals surface area (Å²) < 4.78 is 0. The van der Waals surface area contributed by atoms with E-state index in [1.807, 2.05) is 18.2 Å². The normalized spacial score (nSPS) is 10.3. The first-order chi connectivity index (χ1) is 12.5. The van der Waals surface area contributed by atoms with Crippen LogP contribution >= 0.6 is 23.2 Å². The van der Waals surface area contributed by atoms with Gasteiger partial charge in [-0.2, -0.15) is 4.98 Å². The second-order valence-electron chi connectivity index (χ2n) is 5.40. The Balaban J connectivity index is 1.70.